The van der Waals surface area contributed by atoms with Crippen molar-refractivity contribution >= 4 is 21.6 Å². The third-order valence-corrected chi connectivity index (χ3v) is 6.76. The number of carbonyl (C=O) groups is 1. The molecule has 3 rings (SSSR count). The van der Waals surface area contributed by atoms with E-state index < -0.39 is 10.0 Å². The Kier molecular flexibility index (Phi) is 6.56. The highest BCUT2D eigenvalue weighted by Gasteiger charge is 2.30. The molecule has 2 aromatic rings. The number of rotatable bonds is 6. The van der Waals surface area contributed by atoms with Gasteiger partial charge in [-0.1, -0.05) is 32.0 Å². The minimum atomic E-state index is -3.81. The van der Waals surface area contributed by atoms with E-state index in [0.29, 0.717) is 18.9 Å². The molecule has 1 saturated heterocycles. The number of nitrogens with one attached hydrogen (secondary N) is 1. The number of ether oxygens (including phenoxy) is 2. The fourth-order valence-corrected chi connectivity index (χ4v) is 4.84. The number of morpholine rings is 1. The highest BCUT2D eigenvalue weighted by atomic mass is 32.2. The van der Waals surface area contributed by atoms with E-state index in [9.17, 15) is 13.2 Å². The minimum Gasteiger partial charge on any atom is -0.495 e. The van der Waals surface area contributed by atoms with E-state index in [2.05, 4.69) is 5.32 Å². The summed E-state index contributed by atoms with van der Waals surface area (Å²) in [5.41, 5.74) is 1.97. The topological polar surface area (TPSA) is 84.9 Å². The second kappa shape index (κ2) is 8.94. The van der Waals surface area contributed by atoms with Crippen LogP contribution in [-0.4, -0.2) is 52.0 Å². The van der Waals surface area contributed by atoms with Crippen molar-refractivity contribution in [2.45, 2.75) is 24.7 Å². The molecule has 0 radical (unpaired) electrons. The Hall–Kier alpha value is -2.42. The molecule has 0 unspecified atom stereocenters. The van der Waals surface area contributed by atoms with Gasteiger partial charge in [0.15, 0.2) is 0 Å². The highest BCUT2D eigenvalue weighted by molar-refractivity contribution is 7.89. The fraction of sp³-hybridized carbons (Fsp3) is 0.381. The summed E-state index contributed by atoms with van der Waals surface area (Å²) < 4.78 is 38.1. The van der Waals surface area contributed by atoms with E-state index in [4.69, 9.17) is 9.47 Å². The van der Waals surface area contributed by atoms with Crippen LogP contribution < -0.4 is 10.1 Å². The molecule has 0 aliphatic carbocycles. The molecule has 1 fully saturated rings. The van der Waals surface area contributed by atoms with Gasteiger partial charge >= 0.3 is 0 Å². The number of nitrogens with zero attached hydrogens (tertiary/aromatic N) is 1. The molecule has 0 atom stereocenters. The van der Waals surface area contributed by atoms with Gasteiger partial charge in [0.2, 0.25) is 10.0 Å². The quantitative estimate of drug-likeness (QED) is 0.779. The van der Waals surface area contributed by atoms with Crippen LogP contribution in [0.2, 0.25) is 0 Å². The molecule has 1 amide bonds. The standard InChI is InChI=1S/C21H26N2O5S/c1-15(2)17-6-4-5-7-18(17)22-21(24)16-8-9-19(27-3)20(14-16)29(25,26)23-10-12-28-13-11-23/h4-9,14-15H,10-13H2,1-3H3,(H,22,24). The second-order valence-electron chi connectivity index (χ2n) is 7.08. The minimum absolute atomic E-state index is 0.0216. The number of sulfonamides is 1. The Morgan fingerprint density at radius 2 is 1.83 bits per heavy atom. The molecule has 0 spiro atoms. The number of para-hydroxylation sites is 1. The Balaban J connectivity index is 1.93. The third-order valence-electron chi connectivity index (χ3n) is 4.84. The van der Waals surface area contributed by atoms with E-state index in [1.54, 1.807) is 6.07 Å². The first-order valence-corrected chi connectivity index (χ1v) is 10.9. The molecule has 0 aromatic heterocycles. The summed E-state index contributed by atoms with van der Waals surface area (Å²) in [5, 5.41) is 2.90. The molecular weight excluding hydrogens is 392 g/mol. The molecule has 1 N–H and O–H groups in total. The molecule has 0 saturated carbocycles. The van der Waals surface area contributed by atoms with Gasteiger partial charge in [-0.2, -0.15) is 4.31 Å². The molecule has 29 heavy (non-hydrogen) atoms. The van der Waals surface area contributed by atoms with Gasteiger partial charge in [-0.05, 0) is 35.7 Å². The summed E-state index contributed by atoms with van der Waals surface area (Å²) in [4.78, 5) is 12.8. The maximum atomic E-state index is 13.1. The van der Waals surface area contributed by atoms with Crippen molar-refractivity contribution in [3.8, 4) is 5.75 Å². The molecule has 8 heteroatoms. The lowest BCUT2D eigenvalue weighted by Gasteiger charge is -2.26. The molecule has 1 aliphatic heterocycles. The lowest BCUT2D eigenvalue weighted by atomic mass is 10.0. The van der Waals surface area contributed by atoms with Gasteiger partial charge in [-0.3, -0.25) is 4.79 Å². The van der Waals surface area contributed by atoms with Crippen molar-refractivity contribution in [3.63, 3.8) is 0 Å². The molecule has 156 valence electrons. The Morgan fingerprint density at radius 3 is 2.48 bits per heavy atom. The number of hydrogen-bond donors (Lipinski definition) is 1. The highest BCUT2D eigenvalue weighted by Crippen LogP contribution is 2.29. The van der Waals surface area contributed by atoms with Crippen molar-refractivity contribution in [1.29, 1.82) is 0 Å². The van der Waals surface area contributed by atoms with Crippen LogP contribution >= 0.6 is 0 Å². The molecule has 1 aliphatic rings. The van der Waals surface area contributed by atoms with E-state index >= 15 is 0 Å². The SMILES string of the molecule is COc1ccc(C(=O)Nc2ccccc2C(C)C)cc1S(=O)(=O)N1CCOCC1. The van der Waals surface area contributed by atoms with Gasteiger partial charge in [0.1, 0.15) is 10.6 Å². The lowest BCUT2D eigenvalue weighted by molar-refractivity contribution is 0.0729. The summed E-state index contributed by atoms with van der Waals surface area (Å²) in [7, 11) is -2.40. The summed E-state index contributed by atoms with van der Waals surface area (Å²) in [6.45, 7) is 5.31. The van der Waals surface area contributed by atoms with Gasteiger partial charge in [0.25, 0.3) is 5.91 Å². The van der Waals surface area contributed by atoms with E-state index in [1.807, 2.05) is 38.1 Å². The second-order valence-corrected chi connectivity index (χ2v) is 8.98. The van der Waals surface area contributed by atoms with Crippen LogP contribution in [0.3, 0.4) is 0 Å². The number of methoxy groups -OCH3 is 1. The zero-order chi connectivity index (χ0) is 21.0. The number of carbonyl (C=O) groups excluding carboxylic acids is 1. The molecule has 7 nitrogen and oxygen atoms in total. The van der Waals surface area contributed by atoms with Crippen LogP contribution in [0.1, 0.15) is 35.7 Å². The maximum Gasteiger partial charge on any atom is 0.255 e. The zero-order valence-corrected chi connectivity index (χ0v) is 17.7. The normalized spacial score (nSPS) is 15.3. The van der Waals surface area contributed by atoms with Crippen molar-refractivity contribution in [1.82, 2.24) is 4.31 Å². The predicted molar refractivity (Wildman–Crippen MR) is 111 cm³/mol. The average molecular weight is 419 g/mol. The predicted octanol–water partition coefficient (Wildman–Crippen LogP) is 3.09. The van der Waals surface area contributed by atoms with Crippen LogP contribution in [0.15, 0.2) is 47.4 Å². The van der Waals surface area contributed by atoms with Crippen LogP contribution in [0.25, 0.3) is 0 Å². The van der Waals surface area contributed by atoms with Crippen molar-refractivity contribution in [2.24, 2.45) is 0 Å². The Labute approximate surface area is 171 Å². The Morgan fingerprint density at radius 1 is 1.14 bits per heavy atom. The average Bonchev–Trinajstić information content (AvgIpc) is 2.74. The number of anilines is 1. The first-order valence-electron chi connectivity index (χ1n) is 9.51. The lowest BCUT2D eigenvalue weighted by Crippen LogP contribution is -2.40. The van der Waals surface area contributed by atoms with E-state index in [-0.39, 0.29) is 41.1 Å². The van der Waals surface area contributed by atoms with E-state index in [1.165, 1.54) is 23.5 Å². The molecule has 1 heterocycles. The first-order chi connectivity index (χ1) is 13.8. The number of hydrogen-bond acceptors (Lipinski definition) is 5. The van der Waals surface area contributed by atoms with Crippen LogP contribution in [0, 0.1) is 0 Å². The summed E-state index contributed by atoms with van der Waals surface area (Å²) in [5.74, 6) is 0.0643. The van der Waals surface area contributed by atoms with E-state index in [0.717, 1.165) is 5.56 Å². The maximum absolute atomic E-state index is 13.1. The first kappa shape index (κ1) is 21.3. The molecule has 0 bridgehead atoms. The Bertz CT molecular complexity index is 982. The van der Waals surface area contributed by atoms with Crippen molar-refractivity contribution in [3.05, 3.63) is 53.6 Å². The van der Waals surface area contributed by atoms with Gasteiger partial charge in [-0.15, -0.1) is 0 Å². The molecule has 2 aromatic carbocycles. The van der Waals surface area contributed by atoms with Crippen molar-refractivity contribution < 1.29 is 22.7 Å². The van der Waals surface area contributed by atoms with Gasteiger partial charge in [0, 0.05) is 24.3 Å². The smallest absolute Gasteiger partial charge is 0.255 e. The number of amides is 1. The third kappa shape index (κ3) is 4.60. The summed E-state index contributed by atoms with van der Waals surface area (Å²) in [6.07, 6.45) is 0. The van der Waals surface area contributed by atoms with Crippen LogP contribution in [0.4, 0.5) is 5.69 Å². The summed E-state index contributed by atoms with van der Waals surface area (Å²) >= 11 is 0. The fourth-order valence-electron chi connectivity index (χ4n) is 3.25. The van der Waals surface area contributed by atoms with Crippen molar-refractivity contribution in [2.75, 3.05) is 38.7 Å². The van der Waals surface area contributed by atoms with Gasteiger partial charge < -0.3 is 14.8 Å². The monoisotopic (exact) mass is 418 g/mol. The summed E-state index contributed by atoms with van der Waals surface area (Å²) in [6, 6.07) is 12.0. The number of benzene rings is 2. The van der Waals surface area contributed by atoms with Gasteiger partial charge in [0.05, 0.1) is 20.3 Å². The van der Waals surface area contributed by atoms with Gasteiger partial charge in [-0.25, -0.2) is 8.42 Å². The zero-order valence-electron chi connectivity index (χ0n) is 16.8. The van der Waals surface area contributed by atoms with Crippen LogP contribution in [-0.2, 0) is 14.8 Å². The molecular formula is C21H26N2O5S. The van der Waals surface area contributed by atoms with Crippen LogP contribution in [0.5, 0.6) is 5.75 Å². The largest absolute Gasteiger partial charge is 0.495 e.